The Bertz CT molecular complexity index is 82.4. The van der Waals surface area contributed by atoms with Gasteiger partial charge in [-0.2, -0.15) is 0 Å². The lowest BCUT2D eigenvalue weighted by Crippen LogP contribution is -2.22. The summed E-state index contributed by atoms with van der Waals surface area (Å²) in [6.07, 6.45) is 0. The van der Waals surface area contributed by atoms with Crippen LogP contribution < -0.4 is 0 Å². The van der Waals surface area contributed by atoms with Crippen molar-refractivity contribution in [2.45, 2.75) is 19.6 Å². The second-order valence-electron chi connectivity index (χ2n) is 2.62. The first-order valence-electron chi connectivity index (χ1n) is 2.68. The molecular weight excluding hydrogens is 155 g/mol. The first-order chi connectivity index (χ1) is 3.95. The first-order valence-corrected chi connectivity index (χ1v) is 7.22. The van der Waals surface area contributed by atoms with Crippen LogP contribution in [0.3, 0.4) is 0 Å². The summed E-state index contributed by atoms with van der Waals surface area (Å²) in [4.78, 5) is 8.85. The molecule has 0 fully saturated rings. The van der Waals surface area contributed by atoms with E-state index in [1.54, 1.807) is 0 Å². The Balaban J connectivity index is 3.47. The van der Waals surface area contributed by atoms with Gasteiger partial charge in [0.1, 0.15) is 0 Å². The molecule has 0 radical (unpaired) electrons. The zero-order valence-corrected chi connectivity index (χ0v) is 8.11. The Kier molecular flexibility index (Phi) is 3.85. The zero-order chi connectivity index (χ0) is 7.49. The van der Waals surface area contributed by atoms with Crippen molar-refractivity contribution in [2.75, 3.05) is 7.11 Å². The fourth-order valence-corrected chi connectivity index (χ4v) is 2.44. The minimum absolute atomic E-state index is 1.44. The van der Waals surface area contributed by atoms with Gasteiger partial charge in [0.2, 0.25) is 0 Å². The van der Waals surface area contributed by atoms with Gasteiger partial charge in [-0.05, 0) is 19.6 Å². The van der Waals surface area contributed by atoms with Gasteiger partial charge in [-0.3, -0.25) is 0 Å². The molecular formula is C4H13O3PSi. The van der Waals surface area contributed by atoms with Crippen molar-refractivity contribution in [2.24, 2.45) is 0 Å². The maximum Gasteiger partial charge on any atom is 0.318 e. The summed E-state index contributed by atoms with van der Waals surface area (Å²) in [5.41, 5.74) is 0. The van der Waals surface area contributed by atoms with Crippen LogP contribution in [0.1, 0.15) is 0 Å². The average Bonchev–Trinajstić information content (AvgIpc) is 1.62. The second-order valence-corrected chi connectivity index (χ2v) is 8.42. The molecule has 1 N–H and O–H groups in total. The van der Waals surface area contributed by atoms with Gasteiger partial charge in [-0.15, -0.1) is 0 Å². The monoisotopic (exact) mass is 168 g/mol. The van der Waals surface area contributed by atoms with E-state index in [9.17, 15) is 0 Å². The predicted octanol–water partition coefficient (Wildman–Crippen LogP) is 1.70. The highest BCUT2D eigenvalue weighted by Crippen LogP contribution is 2.35. The molecule has 0 amide bonds. The number of hydrogen-bond acceptors (Lipinski definition) is 3. The molecule has 0 heterocycles. The number of rotatable bonds is 3. The Morgan fingerprint density at radius 2 is 1.78 bits per heavy atom. The van der Waals surface area contributed by atoms with Gasteiger partial charge in [0.25, 0.3) is 0 Å². The largest absolute Gasteiger partial charge is 0.355 e. The Morgan fingerprint density at radius 1 is 1.33 bits per heavy atom. The van der Waals surface area contributed by atoms with Crippen molar-refractivity contribution in [1.29, 1.82) is 0 Å². The van der Waals surface area contributed by atoms with E-state index in [2.05, 4.69) is 4.52 Å². The molecule has 0 bridgehead atoms. The fourth-order valence-electron chi connectivity index (χ4n) is 0.272. The highest BCUT2D eigenvalue weighted by molar-refractivity contribution is 7.42. The lowest BCUT2D eigenvalue weighted by atomic mass is 11.8. The molecule has 0 aliphatic rings. The molecule has 0 saturated heterocycles. The summed E-state index contributed by atoms with van der Waals surface area (Å²) in [6.45, 7) is 5.99. The van der Waals surface area contributed by atoms with Crippen LogP contribution in [0.4, 0.5) is 0 Å². The molecule has 3 nitrogen and oxygen atoms in total. The van der Waals surface area contributed by atoms with Gasteiger partial charge in [0, 0.05) is 7.11 Å². The summed E-state index contributed by atoms with van der Waals surface area (Å²) < 4.78 is 9.68. The van der Waals surface area contributed by atoms with Crippen molar-refractivity contribution in [1.82, 2.24) is 0 Å². The fraction of sp³-hybridized carbons (Fsp3) is 1.00. The smallest absolute Gasteiger partial charge is 0.318 e. The van der Waals surface area contributed by atoms with Gasteiger partial charge in [0.15, 0.2) is 8.32 Å². The van der Waals surface area contributed by atoms with Crippen LogP contribution in [-0.2, 0) is 8.74 Å². The second kappa shape index (κ2) is 3.64. The highest BCUT2D eigenvalue weighted by atomic mass is 31.2. The maximum absolute atomic E-state index is 8.85. The summed E-state index contributed by atoms with van der Waals surface area (Å²) in [7, 11) is -1.76. The molecule has 1 unspecified atom stereocenters. The molecule has 56 valence electrons. The van der Waals surface area contributed by atoms with Crippen LogP contribution in [0, 0.1) is 0 Å². The van der Waals surface area contributed by atoms with Crippen LogP contribution in [0.5, 0.6) is 0 Å². The Hall–Kier alpha value is 0.527. The van der Waals surface area contributed by atoms with E-state index in [-0.39, 0.29) is 0 Å². The van der Waals surface area contributed by atoms with Crippen molar-refractivity contribution < 1.29 is 13.6 Å². The average molecular weight is 168 g/mol. The van der Waals surface area contributed by atoms with Gasteiger partial charge < -0.3 is 13.6 Å². The van der Waals surface area contributed by atoms with Crippen LogP contribution in [0.25, 0.3) is 0 Å². The third-order valence-electron chi connectivity index (χ3n) is 0.508. The van der Waals surface area contributed by atoms with Crippen LogP contribution in [-0.4, -0.2) is 20.3 Å². The minimum Gasteiger partial charge on any atom is -0.355 e. The van der Waals surface area contributed by atoms with Crippen molar-refractivity contribution in [3.63, 3.8) is 0 Å². The summed E-state index contributed by atoms with van der Waals surface area (Å²) in [5.74, 6) is 0. The maximum atomic E-state index is 8.85. The van der Waals surface area contributed by atoms with E-state index in [0.29, 0.717) is 0 Å². The standard InChI is InChI=1S/C4H13O3PSi/c1-6-8(5)7-9(2,3)4/h5H,1-4H3. The predicted molar refractivity (Wildman–Crippen MR) is 40.6 cm³/mol. The molecule has 9 heavy (non-hydrogen) atoms. The molecule has 5 heteroatoms. The zero-order valence-electron chi connectivity index (χ0n) is 6.21. The molecule has 0 aromatic heterocycles. The van der Waals surface area contributed by atoms with Crippen LogP contribution >= 0.6 is 8.60 Å². The quantitative estimate of drug-likeness (QED) is 0.515. The van der Waals surface area contributed by atoms with Crippen molar-refractivity contribution in [3.8, 4) is 0 Å². The minimum atomic E-state index is -1.60. The van der Waals surface area contributed by atoms with Crippen molar-refractivity contribution in [3.05, 3.63) is 0 Å². The van der Waals surface area contributed by atoms with Gasteiger partial charge in [0.05, 0.1) is 0 Å². The Morgan fingerprint density at radius 3 is 1.89 bits per heavy atom. The third-order valence-corrected chi connectivity index (χ3v) is 3.64. The third kappa shape index (κ3) is 6.41. The normalized spacial score (nSPS) is 15.7. The molecule has 1 atom stereocenters. The summed E-state index contributed by atoms with van der Waals surface area (Å²) in [5, 5.41) is 0. The van der Waals surface area contributed by atoms with E-state index in [1.807, 2.05) is 19.6 Å². The van der Waals surface area contributed by atoms with Gasteiger partial charge in [-0.1, -0.05) is 0 Å². The van der Waals surface area contributed by atoms with Crippen LogP contribution in [0.2, 0.25) is 19.6 Å². The van der Waals surface area contributed by atoms with E-state index < -0.39 is 16.9 Å². The molecule has 0 aliphatic heterocycles. The summed E-state index contributed by atoms with van der Waals surface area (Å²) >= 11 is 0. The van der Waals surface area contributed by atoms with Gasteiger partial charge in [-0.25, -0.2) is 0 Å². The summed E-state index contributed by atoms with van der Waals surface area (Å²) in [6, 6.07) is 0. The molecule has 0 aromatic carbocycles. The topological polar surface area (TPSA) is 38.7 Å². The highest BCUT2D eigenvalue weighted by Gasteiger charge is 2.19. The van der Waals surface area contributed by atoms with E-state index in [1.165, 1.54) is 7.11 Å². The van der Waals surface area contributed by atoms with E-state index in [4.69, 9.17) is 9.11 Å². The SMILES string of the molecule is COP(O)O[Si](C)(C)C. The lowest BCUT2D eigenvalue weighted by molar-refractivity contribution is 0.315. The van der Waals surface area contributed by atoms with E-state index in [0.717, 1.165) is 0 Å². The molecule has 0 rings (SSSR count). The van der Waals surface area contributed by atoms with E-state index >= 15 is 0 Å². The van der Waals surface area contributed by atoms with Gasteiger partial charge >= 0.3 is 8.60 Å². The van der Waals surface area contributed by atoms with Crippen LogP contribution in [0.15, 0.2) is 0 Å². The molecule has 0 aliphatic carbocycles. The lowest BCUT2D eigenvalue weighted by Gasteiger charge is -2.18. The molecule has 0 spiro atoms. The van der Waals surface area contributed by atoms with Crippen molar-refractivity contribution >= 4 is 16.9 Å². The molecule has 0 aromatic rings. The Labute approximate surface area is 58.1 Å². The number of hydrogen-bond donors (Lipinski definition) is 1. The molecule has 0 saturated carbocycles. The first kappa shape index (κ1) is 9.53.